The molecule has 0 unspecified atom stereocenters. The molecule has 0 atom stereocenters. The van der Waals surface area contributed by atoms with Gasteiger partial charge >= 0.3 is 11.9 Å². The van der Waals surface area contributed by atoms with Gasteiger partial charge in [0.25, 0.3) is 0 Å². The van der Waals surface area contributed by atoms with Crippen molar-refractivity contribution < 1.29 is 28.5 Å². The highest BCUT2D eigenvalue weighted by Crippen LogP contribution is 2.26. The van der Waals surface area contributed by atoms with E-state index in [-0.39, 0.29) is 11.5 Å². The van der Waals surface area contributed by atoms with Gasteiger partial charge < -0.3 is 18.9 Å². The first-order chi connectivity index (χ1) is 29.3. The van der Waals surface area contributed by atoms with Crippen LogP contribution in [-0.2, 0) is 0 Å². The van der Waals surface area contributed by atoms with Gasteiger partial charge in [-0.25, -0.2) is 9.59 Å². The number of ether oxygens (including phenoxy) is 4. The molecule has 5 aromatic rings. The lowest BCUT2D eigenvalue weighted by molar-refractivity contribution is 0.0732. The molecule has 5 rings (SSSR count). The monoisotopic (exact) mass is 808 g/mol. The van der Waals surface area contributed by atoms with E-state index in [1.807, 2.05) is 74.5 Å². The molecule has 0 fully saturated rings. The van der Waals surface area contributed by atoms with Crippen molar-refractivity contribution in [3.8, 4) is 23.0 Å². The maximum atomic E-state index is 13.0. The Labute approximate surface area is 356 Å². The number of hydrogen-bond donors (Lipinski definition) is 0. The van der Waals surface area contributed by atoms with Crippen molar-refractivity contribution in [1.82, 2.24) is 0 Å². The summed E-state index contributed by atoms with van der Waals surface area (Å²) in [5.74, 6) is 1.16. The zero-order chi connectivity index (χ0) is 42.4. The average Bonchev–Trinajstić information content (AvgIpc) is 3.25. The number of nitrogens with zero attached hydrogens (tertiary/aromatic N) is 2. The smallest absolute Gasteiger partial charge is 0.343 e. The molecule has 0 bridgehead atoms. The van der Waals surface area contributed by atoms with E-state index >= 15 is 0 Å². The van der Waals surface area contributed by atoms with Gasteiger partial charge in [-0.3, -0.25) is 9.98 Å². The summed E-state index contributed by atoms with van der Waals surface area (Å²) in [6.07, 6.45) is 18.3. The number of carbonyl (C=O) groups is 2. The second kappa shape index (κ2) is 24.8. The minimum Gasteiger partial charge on any atom is -0.494 e. The normalized spacial score (nSPS) is 11.3. The van der Waals surface area contributed by atoms with Crippen molar-refractivity contribution in [2.24, 2.45) is 9.98 Å². The summed E-state index contributed by atoms with van der Waals surface area (Å²) >= 11 is 0. The Morgan fingerprint density at radius 1 is 0.467 bits per heavy atom. The van der Waals surface area contributed by atoms with Gasteiger partial charge in [-0.15, -0.1) is 0 Å². The summed E-state index contributed by atoms with van der Waals surface area (Å²) in [7, 11) is 0. The number of aliphatic imine (C=N–C) groups is 2. The SMILES string of the molecule is CCCCCCCCOc1ccc(N=Cc2ccc(C(=O)Oc3cccc(OC(=O)c4ccc(C=Nc5ccc(OCCCCCCCC)cc5C)cc4)c3)cc2)c(C)c1. The Morgan fingerprint density at radius 3 is 1.27 bits per heavy atom. The van der Waals surface area contributed by atoms with E-state index in [1.54, 1.807) is 54.9 Å². The third-order valence-electron chi connectivity index (χ3n) is 10.1. The topological polar surface area (TPSA) is 95.8 Å². The minimum absolute atomic E-state index is 0.255. The van der Waals surface area contributed by atoms with Crippen LogP contribution in [0.1, 0.15) is 134 Å². The molecule has 0 heterocycles. The molecule has 314 valence electrons. The van der Waals surface area contributed by atoms with E-state index in [0.717, 1.165) is 71.2 Å². The van der Waals surface area contributed by atoms with Gasteiger partial charge in [0, 0.05) is 18.5 Å². The Balaban J connectivity index is 1.06. The highest BCUT2D eigenvalue weighted by atomic mass is 16.5. The zero-order valence-corrected chi connectivity index (χ0v) is 35.8. The van der Waals surface area contributed by atoms with Crippen molar-refractivity contribution in [3.63, 3.8) is 0 Å². The van der Waals surface area contributed by atoms with Gasteiger partial charge in [0.05, 0.1) is 35.7 Å². The van der Waals surface area contributed by atoms with Gasteiger partial charge in [0.15, 0.2) is 0 Å². The summed E-state index contributed by atoms with van der Waals surface area (Å²) in [4.78, 5) is 35.3. The molecular weight excluding hydrogens is 749 g/mol. The minimum atomic E-state index is -0.533. The summed E-state index contributed by atoms with van der Waals surface area (Å²) < 4.78 is 23.1. The number of carbonyl (C=O) groups excluding carboxylic acids is 2. The zero-order valence-electron chi connectivity index (χ0n) is 35.8. The fourth-order valence-corrected chi connectivity index (χ4v) is 6.50. The van der Waals surface area contributed by atoms with Crippen LogP contribution in [0.4, 0.5) is 11.4 Å². The van der Waals surface area contributed by atoms with Crippen LogP contribution >= 0.6 is 0 Å². The molecular formula is C52H60N2O6. The van der Waals surface area contributed by atoms with Crippen LogP contribution in [0.3, 0.4) is 0 Å². The molecule has 0 N–H and O–H groups in total. The highest BCUT2D eigenvalue weighted by molar-refractivity contribution is 5.93. The quantitative estimate of drug-likeness (QED) is 0.0267. The molecule has 0 aliphatic rings. The molecule has 0 amide bonds. The molecule has 0 aliphatic carbocycles. The molecule has 0 spiro atoms. The van der Waals surface area contributed by atoms with Gasteiger partial charge in [-0.1, -0.05) is 108 Å². The van der Waals surface area contributed by atoms with Crippen molar-refractivity contribution in [1.29, 1.82) is 0 Å². The van der Waals surface area contributed by atoms with Crippen LogP contribution in [0.15, 0.2) is 119 Å². The molecule has 0 aromatic heterocycles. The first-order valence-electron chi connectivity index (χ1n) is 21.6. The Bertz CT molecular complexity index is 2010. The summed E-state index contributed by atoms with van der Waals surface area (Å²) in [6.45, 7) is 9.94. The largest absolute Gasteiger partial charge is 0.494 e. The standard InChI is InChI=1S/C52H60N2O6/c1-5-7-9-11-13-15-32-57-45-28-30-49(39(3)34-45)53-37-41-20-24-43(25-21-41)51(55)59-47-18-17-19-48(36-47)60-52(56)44-26-22-42(23-27-44)38-54-50-31-29-46(35-40(50)4)58-33-16-14-12-10-8-6-2/h17-31,34-38H,5-16,32-33H2,1-4H3. The number of benzene rings is 5. The fraction of sp³-hybridized carbons (Fsp3) is 0.346. The summed E-state index contributed by atoms with van der Waals surface area (Å²) in [6, 6.07) is 32.3. The van der Waals surface area contributed by atoms with Crippen molar-refractivity contribution in [2.75, 3.05) is 13.2 Å². The lowest BCUT2D eigenvalue weighted by Crippen LogP contribution is -2.10. The van der Waals surface area contributed by atoms with Gasteiger partial charge in [0.2, 0.25) is 0 Å². The van der Waals surface area contributed by atoms with E-state index in [9.17, 15) is 9.59 Å². The highest BCUT2D eigenvalue weighted by Gasteiger charge is 2.13. The third kappa shape index (κ3) is 15.3. The first-order valence-corrected chi connectivity index (χ1v) is 21.6. The van der Waals surface area contributed by atoms with Crippen molar-refractivity contribution in [3.05, 3.63) is 143 Å². The van der Waals surface area contributed by atoms with E-state index in [4.69, 9.17) is 18.9 Å². The van der Waals surface area contributed by atoms with Crippen LogP contribution in [0.2, 0.25) is 0 Å². The van der Waals surface area contributed by atoms with E-state index < -0.39 is 11.9 Å². The second-order valence-electron chi connectivity index (χ2n) is 15.1. The second-order valence-corrected chi connectivity index (χ2v) is 15.1. The molecule has 8 heteroatoms. The van der Waals surface area contributed by atoms with Crippen molar-refractivity contribution in [2.45, 2.75) is 105 Å². The fourth-order valence-electron chi connectivity index (χ4n) is 6.50. The van der Waals surface area contributed by atoms with Crippen LogP contribution in [0.25, 0.3) is 0 Å². The summed E-state index contributed by atoms with van der Waals surface area (Å²) in [5, 5.41) is 0. The van der Waals surface area contributed by atoms with Gasteiger partial charge in [-0.2, -0.15) is 0 Å². The number of hydrogen-bond acceptors (Lipinski definition) is 8. The molecule has 0 aliphatic heterocycles. The third-order valence-corrected chi connectivity index (χ3v) is 10.1. The van der Waals surface area contributed by atoms with Crippen LogP contribution in [0.5, 0.6) is 23.0 Å². The number of unbranched alkanes of at least 4 members (excludes halogenated alkanes) is 10. The molecule has 0 saturated carbocycles. The lowest BCUT2D eigenvalue weighted by atomic mass is 10.1. The molecule has 0 saturated heterocycles. The number of aryl methyl sites for hydroxylation is 2. The molecule has 8 nitrogen and oxygen atoms in total. The Hall–Kier alpha value is -6.02. The predicted molar refractivity (Wildman–Crippen MR) is 244 cm³/mol. The Kier molecular flexibility index (Phi) is 18.6. The van der Waals surface area contributed by atoms with E-state index in [1.165, 1.54) is 70.3 Å². The molecule has 0 radical (unpaired) electrons. The van der Waals surface area contributed by atoms with E-state index in [2.05, 4.69) is 23.8 Å². The average molecular weight is 809 g/mol. The predicted octanol–water partition coefficient (Wildman–Crippen LogP) is 13.7. The maximum Gasteiger partial charge on any atom is 0.343 e. The lowest BCUT2D eigenvalue weighted by Gasteiger charge is -2.09. The Morgan fingerprint density at radius 2 is 0.867 bits per heavy atom. The van der Waals surface area contributed by atoms with Gasteiger partial charge in [-0.05, 0) is 122 Å². The molecule has 5 aromatic carbocycles. The number of esters is 2. The van der Waals surface area contributed by atoms with E-state index in [0.29, 0.717) is 11.1 Å². The first kappa shape index (κ1) is 45.1. The summed E-state index contributed by atoms with van der Waals surface area (Å²) in [5.41, 5.74) is 6.19. The van der Waals surface area contributed by atoms with Crippen LogP contribution < -0.4 is 18.9 Å². The van der Waals surface area contributed by atoms with Crippen LogP contribution in [0, 0.1) is 13.8 Å². The number of rotatable bonds is 24. The molecule has 60 heavy (non-hydrogen) atoms. The van der Waals surface area contributed by atoms with Crippen LogP contribution in [-0.4, -0.2) is 37.6 Å². The van der Waals surface area contributed by atoms with Gasteiger partial charge in [0.1, 0.15) is 23.0 Å². The maximum absolute atomic E-state index is 13.0. The van der Waals surface area contributed by atoms with Crippen molar-refractivity contribution >= 4 is 35.7 Å².